The van der Waals surface area contributed by atoms with E-state index < -0.39 is 0 Å². The highest BCUT2D eigenvalue weighted by atomic mass is 79.9. The maximum absolute atomic E-state index is 5.84. The van der Waals surface area contributed by atoms with E-state index in [1.54, 1.807) is 12.3 Å². The Morgan fingerprint density at radius 1 is 1.15 bits per heavy atom. The van der Waals surface area contributed by atoms with E-state index >= 15 is 0 Å². The molecule has 2 heterocycles. The zero-order chi connectivity index (χ0) is 14.1. The average Bonchev–Trinajstić information content (AvgIpc) is 2.47. The number of nitrogens with zero attached hydrogens (tertiary/aromatic N) is 3. The van der Waals surface area contributed by atoms with E-state index in [0.717, 1.165) is 9.86 Å². The van der Waals surface area contributed by atoms with Gasteiger partial charge in [-0.25, -0.2) is 4.98 Å². The fourth-order valence-electron chi connectivity index (χ4n) is 1.74. The number of nitrogens with two attached hydrogens (primary N) is 1. The molecular weight excluding hydrogens is 344 g/mol. The smallest absolute Gasteiger partial charge is 0.247 e. The van der Waals surface area contributed by atoms with Crippen LogP contribution in [0.15, 0.2) is 41.3 Å². The summed E-state index contributed by atoms with van der Waals surface area (Å²) in [5.74, 6) is 0.754. The van der Waals surface area contributed by atoms with Gasteiger partial charge in [-0.3, -0.25) is 4.98 Å². The molecule has 3 aromatic rings. The summed E-state index contributed by atoms with van der Waals surface area (Å²) < 4.78 is 6.65. The molecule has 0 aliphatic carbocycles. The van der Waals surface area contributed by atoms with Crippen molar-refractivity contribution < 1.29 is 4.74 Å². The SMILES string of the molecule is Nc1c(Cl)ncnc1Oc1ccc(Br)c2cccnc12. The van der Waals surface area contributed by atoms with E-state index in [-0.39, 0.29) is 16.7 Å². The van der Waals surface area contributed by atoms with Gasteiger partial charge in [0.25, 0.3) is 0 Å². The van der Waals surface area contributed by atoms with Gasteiger partial charge >= 0.3 is 0 Å². The number of rotatable bonds is 2. The second-order valence-corrected chi connectivity index (χ2v) is 5.14. The Morgan fingerprint density at radius 2 is 2.00 bits per heavy atom. The van der Waals surface area contributed by atoms with Crippen molar-refractivity contribution >= 4 is 44.1 Å². The summed E-state index contributed by atoms with van der Waals surface area (Å²) in [5.41, 5.74) is 6.69. The minimum Gasteiger partial charge on any atom is -0.435 e. The van der Waals surface area contributed by atoms with Crippen LogP contribution in [0.25, 0.3) is 10.9 Å². The normalized spacial score (nSPS) is 10.7. The summed E-state index contributed by atoms with van der Waals surface area (Å²) in [4.78, 5) is 12.1. The second kappa shape index (κ2) is 5.22. The number of fused-ring (bicyclic) bond motifs is 1. The first-order chi connectivity index (χ1) is 9.66. The fraction of sp³-hybridized carbons (Fsp3) is 0. The third-order valence-corrected chi connectivity index (χ3v) is 3.68. The minimum absolute atomic E-state index is 0.157. The van der Waals surface area contributed by atoms with Crippen molar-refractivity contribution in [3.63, 3.8) is 0 Å². The van der Waals surface area contributed by atoms with E-state index in [1.165, 1.54) is 6.33 Å². The van der Waals surface area contributed by atoms with Crippen LogP contribution in [0.3, 0.4) is 0 Å². The first kappa shape index (κ1) is 13.1. The van der Waals surface area contributed by atoms with Gasteiger partial charge < -0.3 is 10.5 Å². The minimum atomic E-state index is 0.157. The van der Waals surface area contributed by atoms with Crippen molar-refractivity contribution in [1.82, 2.24) is 15.0 Å². The Labute approximate surface area is 127 Å². The Balaban J connectivity index is 2.12. The van der Waals surface area contributed by atoms with Crippen LogP contribution in [0.2, 0.25) is 5.15 Å². The Kier molecular flexibility index (Phi) is 3.42. The summed E-state index contributed by atoms with van der Waals surface area (Å²) in [6.45, 7) is 0. The number of hydrogen-bond acceptors (Lipinski definition) is 5. The van der Waals surface area contributed by atoms with Gasteiger partial charge in [-0.15, -0.1) is 0 Å². The Morgan fingerprint density at radius 3 is 2.85 bits per heavy atom. The number of ether oxygens (including phenoxy) is 1. The summed E-state index contributed by atoms with van der Waals surface area (Å²) in [7, 11) is 0. The fourth-order valence-corrected chi connectivity index (χ4v) is 2.32. The molecule has 5 nitrogen and oxygen atoms in total. The van der Waals surface area contributed by atoms with Crippen molar-refractivity contribution in [2.75, 3.05) is 5.73 Å². The molecule has 3 rings (SSSR count). The van der Waals surface area contributed by atoms with E-state index in [4.69, 9.17) is 22.1 Å². The second-order valence-electron chi connectivity index (χ2n) is 3.93. The van der Waals surface area contributed by atoms with Gasteiger partial charge in [0.2, 0.25) is 5.88 Å². The summed E-state index contributed by atoms with van der Waals surface area (Å²) in [5, 5.41) is 1.09. The lowest BCUT2D eigenvalue weighted by atomic mass is 10.2. The third kappa shape index (κ3) is 2.28. The summed E-state index contributed by atoms with van der Waals surface area (Å²) >= 11 is 9.32. The van der Waals surface area contributed by atoms with Crippen molar-refractivity contribution in [3.05, 3.63) is 46.4 Å². The topological polar surface area (TPSA) is 73.9 Å². The highest BCUT2D eigenvalue weighted by Gasteiger charge is 2.12. The molecule has 0 bridgehead atoms. The quantitative estimate of drug-likeness (QED) is 0.711. The van der Waals surface area contributed by atoms with Crippen LogP contribution in [0.5, 0.6) is 11.6 Å². The van der Waals surface area contributed by atoms with Gasteiger partial charge in [-0.05, 0) is 18.2 Å². The lowest BCUT2D eigenvalue weighted by Crippen LogP contribution is -1.98. The maximum atomic E-state index is 5.84. The molecule has 20 heavy (non-hydrogen) atoms. The molecule has 0 atom stereocenters. The predicted octanol–water partition coefficient (Wildman–Crippen LogP) is 3.82. The predicted molar refractivity (Wildman–Crippen MR) is 81.0 cm³/mol. The number of pyridine rings is 1. The van der Waals surface area contributed by atoms with E-state index in [1.807, 2.05) is 18.2 Å². The van der Waals surface area contributed by atoms with Crippen molar-refractivity contribution in [2.24, 2.45) is 0 Å². The number of anilines is 1. The van der Waals surface area contributed by atoms with Crippen LogP contribution < -0.4 is 10.5 Å². The molecule has 0 aliphatic heterocycles. The molecule has 2 aromatic heterocycles. The molecular formula is C13H8BrClN4O. The van der Waals surface area contributed by atoms with Crippen LogP contribution >= 0.6 is 27.5 Å². The van der Waals surface area contributed by atoms with Crippen molar-refractivity contribution in [2.45, 2.75) is 0 Å². The maximum Gasteiger partial charge on any atom is 0.247 e. The van der Waals surface area contributed by atoms with Gasteiger partial charge in [-0.2, -0.15) is 4.98 Å². The number of nitrogen functional groups attached to an aromatic ring is 1. The Bertz CT molecular complexity index is 796. The molecule has 0 saturated heterocycles. The molecule has 0 amide bonds. The average molecular weight is 352 g/mol. The lowest BCUT2D eigenvalue weighted by Gasteiger charge is -2.10. The van der Waals surface area contributed by atoms with Crippen LogP contribution in [0, 0.1) is 0 Å². The zero-order valence-corrected chi connectivity index (χ0v) is 12.4. The first-order valence-electron chi connectivity index (χ1n) is 5.64. The molecule has 7 heteroatoms. The molecule has 0 radical (unpaired) electrons. The molecule has 0 saturated carbocycles. The van der Waals surface area contributed by atoms with Crippen LogP contribution in [0.1, 0.15) is 0 Å². The molecule has 2 N–H and O–H groups in total. The summed E-state index contributed by atoms with van der Waals surface area (Å²) in [6, 6.07) is 7.45. The molecule has 0 fully saturated rings. The molecule has 0 unspecified atom stereocenters. The molecule has 100 valence electrons. The van der Waals surface area contributed by atoms with Crippen LogP contribution in [-0.2, 0) is 0 Å². The molecule has 1 aromatic carbocycles. The number of benzene rings is 1. The first-order valence-corrected chi connectivity index (χ1v) is 6.81. The van der Waals surface area contributed by atoms with Crippen LogP contribution in [0.4, 0.5) is 5.69 Å². The van der Waals surface area contributed by atoms with Crippen molar-refractivity contribution in [3.8, 4) is 11.6 Å². The van der Waals surface area contributed by atoms with Gasteiger partial charge in [0.05, 0.1) is 0 Å². The number of hydrogen-bond donors (Lipinski definition) is 1. The standard InChI is InChI=1S/C13H8BrClN4O/c14-8-3-4-9(11-7(8)2-1-5-17-11)20-13-10(16)12(15)18-6-19-13/h1-6H,16H2. The Hall–Kier alpha value is -1.92. The highest BCUT2D eigenvalue weighted by molar-refractivity contribution is 9.10. The van der Waals surface area contributed by atoms with Crippen LogP contribution in [-0.4, -0.2) is 15.0 Å². The van der Waals surface area contributed by atoms with Gasteiger partial charge in [-0.1, -0.05) is 33.6 Å². The largest absolute Gasteiger partial charge is 0.435 e. The zero-order valence-electron chi connectivity index (χ0n) is 10.0. The highest BCUT2D eigenvalue weighted by Crippen LogP contribution is 2.34. The van der Waals surface area contributed by atoms with E-state index in [0.29, 0.717) is 11.3 Å². The van der Waals surface area contributed by atoms with E-state index in [9.17, 15) is 0 Å². The molecule has 0 spiro atoms. The van der Waals surface area contributed by atoms with E-state index in [2.05, 4.69) is 30.9 Å². The number of aromatic nitrogens is 3. The van der Waals surface area contributed by atoms with Gasteiger partial charge in [0.15, 0.2) is 10.9 Å². The number of halogens is 2. The monoisotopic (exact) mass is 350 g/mol. The van der Waals surface area contributed by atoms with Gasteiger partial charge in [0.1, 0.15) is 17.5 Å². The lowest BCUT2D eigenvalue weighted by molar-refractivity contribution is 0.468. The van der Waals surface area contributed by atoms with Crippen molar-refractivity contribution in [1.29, 1.82) is 0 Å². The third-order valence-electron chi connectivity index (χ3n) is 2.68. The summed E-state index contributed by atoms with van der Waals surface area (Å²) in [6.07, 6.45) is 2.99. The molecule has 0 aliphatic rings. The van der Waals surface area contributed by atoms with Gasteiger partial charge in [0, 0.05) is 16.1 Å².